The number of anilines is 1. The Kier molecular flexibility index (Phi) is 5.01. The molecule has 1 aromatic carbocycles. The van der Waals surface area contributed by atoms with Gasteiger partial charge in [-0.05, 0) is 68.0 Å². The van der Waals surface area contributed by atoms with Gasteiger partial charge in [0.05, 0.1) is 6.54 Å². The molecule has 5 rings (SSSR count). The van der Waals surface area contributed by atoms with Crippen LogP contribution in [0.4, 0.5) is 5.69 Å². The van der Waals surface area contributed by atoms with E-state index >= 15 is 0 Å². The molecule has 6 nitrogen and oxygen atoms in total. The van der Waals surface area contributed by atoms with Gasteiger partial charge >= 0.3 is 0 Å². The summed E-state index contributed by atoms with van der Waals surface area (Å²) in [7, 11) is 0. The summed E-state index contributed by atoms with van der Waals surface area (Å²) in [6.07, 6.45) is 4.78. The number of benzene rings is 1. The van der Waals surface area contributed by atoms with E-state index in [0.29, 0.717) is 30.6 Å². The molecule has 0 spiro atoms. The number of furan rings is 1. The number of nitrogens with zero attached hydrogens (tertiary/aromatic N) is 2. The van der Waals surface area contributed by atoms with E-state index in [9.17, 15) is 9.59 Å². The minimum absolute atomic E-state index is 0.00567. The van der Waals surface area contributed by atoms with Crippen LogP contribution in [0.2, 0.25) is 0 Å². The number of carbonyl (C=O) groups excluding carboxylic acids is 2. The Balaban J connectivity index is 1.17. The molecule has 2 heterocycles. The predicted molar refractivity (Wildman–Crippen MR) is 112 cm³/mol. The normalized spacial score (nSPS) is 23.0. The van der Waals surface area contributed by atoms with E-state index in [1.165, 1.54) is 6.42 Å². The molecule has 158 valence electrons. The minimum Gasteiger partial charge on any atom is -0.484 e. The van der Waals surface area contributed by atoms with Crippen molar-refractivity contribution in [3.63, 3.8) is 0 Å². The monoisotopic (exact) mass is 408 g/mol. The molecular formula is C24H28N2O4. The van der Waals surface area contributed by atoms with Gasteiger partial charge in [-0.2, -0.15) is 0 Å². The van der Waals surface area contributed by atoms with Gasteiger partial charge in [-0.25, -0.2) is 0 Å². The molecule has 6 heteroatoms. The summed E-state index contributed by atoms with van der Waals surface area (Å²) in [5.41, 5.74) is 0.884. The third-order valence-corrected chi connectivity index (χ3v) is 6.38. The molecule has 3 fully saturated rings. The molecule has 2 amide bonds. The molecule has 1 saturated heterocycles. The first-order chi connectivity index (χ1) is 14.6. The van der Waals surface area contributed by atoms with Gasteiger partial charge in [0.2, 0.25) is 5.91 Å². The molecular weight excluding hydrogens is 380 g/mol. The minimum atomic E-state index is -0.0194. The van der Waals surface area contributed by atoms with E-state index in [4.69, 9.17) is 9.15 Å². The van der Waals surface area contributed by atoms with Gasteiger partial charge < -0.3 is 19.0 Å². The highest BCUT2D eigenvalue weighted by Gasteiger charge is 2.37. The predicted octanol–water partition coefficient (Wildman–Crippen LogP) is 4.10. The van der Waals surface area contributed by atoms with Crippen LogP contribution in [-0.4, -0.2) is 35.9 Å². The Morgan fingerprint density at radius 1 is 1.20 bits per heavy atom. The van der Waals surface area contributed by atoms with Crippen LogP contribution in [0.5, 0.6) is 5.75 Å². The molecule has 0 N–H and O–H groups in total. The van der Waals surface area contributed by atoms with Crippen LogP contribution in [0.25, 0.3) is 0 Å². The quantitative estimate of drug-likeness (QED) is 0.660. The first kappa shape index (κ1) is 19.2. The van der Waals surface area contributed by atoms with Crippen molar-refractivity contribution in [1.82, 2.24) is 4.90 Å². The van der Waals surface area contributed by atoms with Gasteiger partial charge in [0.1, 0.15) is 17.3 Å². The Bertz CT molecular complexity index is 931. The molecule has 1 aromatic heterocycles. The third kappa shape index (κ3) is 4.09. The van der Waals surface area contributed by atoms with E-state index in [-0.39, 0.29) is 24.5 Å². The molecule has 2 aromatic rings. The van der Waals surface area contributed by atoms with Crippen molar-refractivity contribution in [1.29, 1.82) is 0 Å². The maximum Gasteiger partial charge on any atom is 0.261 e. The maximum atomic E-state index is 12.8. The molecule has 2 unspecified atom stereocenters. The second-order valence-corrected chi connectivity index (χ2v) is 8.81. The van der Waals surface area contributed by atoms with Crippen molar-refractivity contribution in [3.05, 3.63) is 47.9 Å². The highest BCUT2D eigenvalue weighted by molar-refractivity contribution is 5.95. The van der Waals surface area contributed by atoms with Crippen LogP contribution in [0.15, 0.2) is 40.8 Å². The zero-order valence-electron chi connectivity index (χ0n) is 17.4. The standard InChI is InChI=1S/C24H28N2O4/c1-16-13-21(16)22-11-10-20(30-22)14-26(18-4-5-18)24(28)15-29-19-8-6-17(7-9-19)25-12-2-3-23(25)27/h6-11,16,18,21H,2-5,12-15H2,1H3. The van der Waals surface area contributed by atoms with Crippen LogP contribution >= 0.6 is 0 Å². The smallest absolute Gasteiger partial charge is 0.261 e. The Labute approximate surface area is 176 Å². The van der Waals surface area contributed by atoms with Crippen LogP contribution in [-0.2, 0) is 16.1 Å². The molecule has 1 aliphatic heterocycles. The van der Waals surface area contributed by atoms with Gasteiger partial charge in [-0.3, -0.25) is 9.59 Å². The largest absolute Gasteiger partial charge is 0.484 e. The fraction of sp³-hybridized carbons (Fsp3) is 0.500. The molecule has 2 saturated carbocycles. The SMILES string of the molecule is CC1CC1c1ccc(CN(C(=O)COc2ccc(N3CCCC3=O)cc2)C2CC2)o1. The lowest BCUT2D eigenvalue weighted by atomic mass is 10.3. The number of hydrogen-bond donors (Lipinski definition) is 0. The highest BCUT2D eigenvalue weighted by Crippen LogP contribution is 2.47. The topological polar surface area (TPSA) is 63.0 Å². The van der Waals surface area contributed by atoms with Gasteiger partial charge in [-0.1, -0.05) is 6.92 Å². The fourth-order valence-electron chi connectivity index (χ4n) is 4.24. The number of hydrogen-bond acceptors (Lipinski definition) is 4. The molecule has 3 aliphatic rings. The number of ether oxygens (including phenoxy) is 1. The average molecular weight is 408 g/mol. The summed E-state index contributed by atoms with van der Waals surface area (Å²) in [4.78, 5) is 28.4. The molecule has 30 heavy (non-hydrogen) atoms. The van der Waals surface area contributed by atoms with Crippen molar-refractivity contribution in [2.24, 2.45) is 5.92 Å². The van der Waals surface area contributed by atoms with Crippen molar-refractivity contribution in [2.45, 2.75) is 57.5 Å². The second kappa shape index (κ2) is 7.82. The van der Waals surface area contributed by atoms with Crippen molar-refractivity contribution >= 4 is 17.5 Å². The summed E-state index contributed by atoms with van der Waals surface area (Å²) in [5, 5.41) is 0. The second-order valence-electron chi connectivity index (χ2n) is 8.81. The van der Waals surface area contributed by atoms with E-state index in [1.54, 1.807) is 4.90 Å². The van der Waals surface area contributed by atoms with Gasteiger partial charge in [-0.15, -0.1) is 0 Å². The van der Waals surface area contributed by atoms with Crippen molar-refractivity contribution < 1.29 is 18.7 Å². The van der Waals surface area contributed by atoms with Gasteiger partial charge in [0.25, 0.3) is 5.91 Å². The average Bonchev–Trinajstić information content (AvgIpc) is 3.63. The van der Waals surface area contributed by atoms with Crippen LogP contribution in [0.3, 0.4) is 0 Å². The van der Waals surface area contributed by atoms with Crippen LogP contribution in [0.1, 0.15) is 56.5 Å². The first-order valence-electron chi connectivity index (χ1n) is 11.0. The van der Waals surface area contributed by atoms with Crippen molar-refractivity contribution in [3.8, 4) is 5.75 Å². The Morgan fingerprint density at radius 3 is 2.60 bits per heavy atom. The molecule has 2 atom stereocenters. The first-order valence-corrected chi connectivity index (χ1v) is 11.0. The lowest BCUT2D eigenvalue weighted by Gasteiger charge is -2.21. The number of rotatable bonds is 8. The molecule has 0 bridgehead atoms. The maximum absolute atomic E-state index is 12.8. The molecule has 0 radical (unpaired) electrons. The Hall–Kier alpha value is -2.76. The summed E-state index contributed by atoms with van der Waals surface area (Å²) in [6, 6.07) is 11.8. The number of carbonyl (C=O) groups is 2. The Morgan fingerprint density at radius 2 is 1.97 bits per heavy atom. The van der Waals surface area contributed by atoms with Gasteiger partial charge in [0, 0.05) is 30.6 Å². The summed E-state index contributed by atoms with van der Waals surface area (Å²) >= 11 is 0. The summed E-state index contributed by atoms with van der Waals surface area (Å²) in [5.74, 6) is 3.93. The van der Waals surface area contributed by atoms with Crippen LogP contribution < -0.4 is 9.64 Å². The lowest BCUT2D eigenvalue weighted by Crippen LogP contribution is -2.36. The van der Waals surface area contributed by atoms with E-state index in [1.807, 2.05) is 35.2 Å². The van der Waals surface area contributed by atoms with Gasteiger partial charge in [0.15, 0.2) is 6.61 Å². The zero-order valence-corrected chi connectivity index (χ0v) is 17.4. The highest BCUT2D eigenvalue weighted by atomic mass is 16.5. The van der Waals surface area contributed by atoms with Crippen molar-refractivity contribution in [2.75, 3.05) is 18.1 Å². The number of amides is 2. The van der Waals surface area contributed by atoms with E-state index in [2.05, 4.69) is 13.0 Å². The lowest BCUT2D eigenvalue weighted by molar-refractivity contribution is -0.134. The van der Waals surface area contributed by atoms with Crippen LogP contribution in [0, 0.1) is 5.92 Å². The molecule has 2 aliphatic carbocycles. The summed E-state index contributed by atoms with van der Waals surface area (Å²) < 4.78 is 11.8. The van der Waals surface area contributed by atoms with E-state index < -0.39 is 0 Å². The van der Waals surface area contributed by atoms with E-state index in [0.717, 1.165) is 43.0 Å². The zero-order chi connectivity index (χ0) is 20.7. The summed E-state index contributed by atoms with van der Waals surface area (Å²) in [6.45, 7) is 3.51. The third-order valence-electron chi connectivity index (χ3n) is 6.38. The fourth-order valence-corrected chi connectivity index (χ4v) is 4.24.